The molecule has 0 aromatic heterocycles. The molecule has 0 N–H and O–H groups in total. The molecule has 2 bridgehead atoms. The summed E-state index contributed by atoms with van der Waals surface area (Å²) in [6, 6.07) is 16.4. The fourth-order valence-electron chi connectivity index (χ4n) is 6.16. The molecular weight excluding hydrogens is 364 g/mol. The molecule has 5 aliphatic rings. The zero-order valence-corrected chi connectivity index (χ0v) is 16.9. The van der Waals surface area contributed by atoms with Crippen LogP contribution in [0, 0.1) is 5.92 Å². The van der Waals surface area contributed by atoms with Crippen LogP contribution in [0.15, 0.2) is 42.5 Å². The van der Waals surface area contributed by atoms with Gasteiger partial charge in [0.15, 0.2) is 11.5 Å². The maximum atomic E-state index is 5.68. The second kappa shape index (κ2) is 6.92. The average Bonchev–Trinajstić information content (AvgIpc) is 3.40. The number of fused-ring (bicyclic) bond motifs is 3. The van der Waals surface area contributed by atoms with E-state index in [1.807, 2.05) is 6.07 Å². The third-order valence-electron chi connectivity index (χ3n) is 7.44. The largest absolute Gasteiger partial charge is 0.497 e. The molecule has 5 nitrogen and oxygen atoms in total. The fraction of sp³-hybridized carbons (Fsp3) is 0.500. The topological polar surface area (TPSA) is 34.2 Å². The predicted molar refractivity (Wildman–Crippen MR) is 111 cm³/mol. The lowest BCUT2D eigenvalue weighted by molar-refractivity contribution is -0.00870. The number of piperidine rings is 3. The quantitative estimate of drug-likeness (QED) is 0.796. The second-order valence-corrected chi connectivity index (χ2v) is 8.85. The molecule has 0 radical (unpaired) electrons. The Balaban J connectivity index is 1.33. The normalized spacial score (nSPS) is 32.4. The highest BCUT2D eigenvalue weighted by molar-refractivity contribution is 5.46. The first-order valence-electron chi connectivity index (χ1n) is 10.8. The van der Waals surface area contributed by atoms with Gasteiger partial charge in [0.2, 0.25) is 6.79 Å². The number of nitrogens with zero attached hydrogens (tertiary/aromatic N) is 2. The van der Waals surface area contributed by atoms with E-state index in [-0.39, 0.29) is 0 Å². The van der Waals surface area contributed by atoms with Crippen LogP contribution < -0.4 is 14.2 Å². The molecule has 152 valence electrons. The smallest absolute Gasteiger partial charge is 0.231 e. The number of methoxy groups -OCH3 is 1. The van der Waals surface area contributed by atoms with E-state index in [4.69, 9.17) is 14.2 Å². The lowest BCUT2D eigenvalue weighted by atomic mass is 9.75. The molecule has 5 aliphatic heterocycles. The van der Waals surface area contributed by atoms with E-state index in [0.717, 1.165) is 36.3 Å². The van der Waals surface area contributed by atoms with Crippen LogP contribution in [0.4, 0.5) is 0 Å². The van der Waals surface area contributed by atoms with Crippen molar-refractivity contribution in [1.82, 2.24) is 9.80 Å². The van der Waals surface area contributed by atoms with Crippen LogP contribution in [0.1, 0.15) is 29.9 Å². The number of rotatable bonds is 4. The Morgan fingerprint density at radius 3 is 2.72 bits per heavy atom. The number of likely N-dealkylation sites (tertiary alicyclic amines) is 1. The molecule has 2 aromatic rings. The molecular formula is C24H28N2O3. The van der Waals surface area contributed by atoms with Crippen molar-refractivity contribution in [2.45, 2.75) is 37.4 Å². The van der Waals surface area contributed by atoms with Gasteiger partial charge in [-0.15, -0.1) is 0 Å². The summed E-state index contributed by atoms with van der Waals surface area (Å²) in [5.74, 6) is 4.06. The fourth-order valence-corrected chi connectivity index (χ4v) is 6.16. The Morgan fingerprint density at radius 1 is 1.00 bits per heavy atom. The van der Waals surface area contributed by atoms with Crippen molar-refractivity contribution in [3.63, 3.8) is 0 Å². The van der Waals surface area contributed by atoms with Crippen molar-refractivity contribution in [1.29, 1.82) is 0 Å². The minimum absolute atomic E-state index is 0.339. The summed E-state index contributed by atoms with van der Waals surface area (Å²) in [5.41, 5.74) is 2.73. The summed E-state index contributed by atoms with van der Waals surface area (Å²) in [5, 5.41) is 0. The molecule has 4 saturated heterocycles. The Kier molecular flexibility index (Phi) is 4.20. The first-order chi connectivity index (χ1) is 14.3. The van der Waals surface area contributed by atoms with Crippen LogP contribution in [0.5, 0.6) is 17.2 Å². The lowest BCUT2D eigenvalue weighted by Gasteiger charge is -2.51. The number of hydrogen-bond acceptors (Lipinski definition) is 5. The van der Waals surface area contributed by atoms with Crippen LogP contribution in [-0.4, -0.2) is 55.4 Å². The Hall–Kier alpha value is -2.24. The molecule has 5 heteroatoms. The van der Waals surface area contributed by atoms with E-state index in [2.05, 4.69) is 46.2 Å². The SMILES string of the molecule is COc1cccc(CN2C[C@@H](c3ccc4c(c3)OCO4)[C@@H]3[C@H]2C2CCN3CC2)c1. The summed E-state index contributed by atoms with van der Waals surface area (Å²) in [7, 11) is 1.74. The van der Waals surface area contributed by atoms with Crippen molar-refractivity contribution in [2.24, 2.45) is 5.92 Å². The van der Waals surface area contributed by atoms with E-state index in [0.29, 0.717) is 24.8 Å². The van der Waals surface area contributed by atoms with Gasteiger partial charge < -0.3 is 14.2 Å². The van der Waals surface area contributed by atoms with Gasteiger partial charge in [0.1, 0.15) is 5.75 Å². The van der Waals surface area contributed by atoms with Crippen LogP contribution in [-0.2, 0) is 6.54 Å². The van der Waals surface area contributed by atoms with Gasteiger partial charge in [0, 0.05) is 31.1 Å². The van der Waals surface area contributed by atoms with Gasteiger partial charge in [-0.1, -0.05) is 18.2 Å². The third-order valence-corrected chi connectivity index (χ3v) is 7.44. The Labute approximate surface area is 172 Å². The molecule has 0 aliphatic carbocycles. The summed E-state index contributed by atoms with van der Waals surface area (Å²) in [6.07, 6.45) is 2.67. The summed E-state index contributed by atoms with van der Waals surface area (Å²) < 4.78 is 16.7. The van der Waals surface area contributed by atoms with Crippen LogP contribution in [0.2, 0.25) is 0 Å². The van der Waals surface area contributed by atoms with Crippen molar-refractivity contribution >= 4 is 0 Å². The maximum absolute atomic E-state index is 5.68. The van der Waals surface area contributed by atoms with E-state index in [1.54, 1.807) is 7.11 Å². The first-order valence-corrected chi connectivity index (χ1v) is 10.8. The number of benzene rings is 2. The zero-order chi connectivity index (χ0) is 19.4. The standard InChI is InChI=1S/C24H28N2O3/c1-27-19-4-2-3-16(11-19)13-26-14-20(18-5-6-21-22(12-18)29-15-28-21)24-23(26)17-7-9-25(24)10-8-17/h2-6,11-12,17,20,23-24H,7-10,13-15H2,1H3/t20-,23+,24+/m0/s1. The third kappa shape index (κ3) is 2.90. The molecule has 0 unspecified atom stereocenters. The van der Waals surface area contributed by atoms with Gasteiger partial charge in [-0.2, -0.15) is 0 Å². The minimum Gasteiger partial charge on any atom is -0.497 e. The van der Waals surface area contributed by atoms with E-state index >= 15 is 0 Å². The van der Waals surface area contributed by atoms with Gasteiger partial charge in [0.25, 0.3) is 0 Å². The van der Waals surface area contributed by atoms with E-state index in [9.17, 15) is 0 Å². The van der Waals surface area contributed by atoms with Crippen LogP contribution >= 0.6 is 0 Å². The summed E-state index contributed by atoms with van der Waals surface area (Å²) in [4.78, 5) is 5.50. The molecule has 0 spiro atoms. The molecule has 2 aromatic carbocycles. The van der Waals surface area contributed by atoms with Crippen LogP contribution in [0.25, 0.3) is 0 Å². The van der Waals surface area contributed by atoms with E-state index < -0.39 is 0 Å². The molecule has 29 heavy (non-hydrogen) atoms. The lowest BCUT2D eigenvalue weighted by Crippen LogP contribution is -2.59. The van der Waals surface area contributed by atoms with E-state index in [1.165, 1.54) is 37.1 Å². The zero-order valence-electron chi connectivity index (χ0n) is 16.9. The van der Waals surface area contributed by atoms with Crippen LogP contribution in [0.3, 0.4) is 0 Å². The number of hydrogen-bond donors (Lipinski definition) is 0. The highest BCUT2D eigenvalue weighted by atomic mass is 16.7. The summed E-state index contributed by atoms with van der Waals surface area (Å²) in [6.45, 7) is 4.92. The molecule has 7 rings (SSSR count). The monoisotopic (exact) mass is 392 g/mol. The molecule has 3 atom stereocenters. The average molecular weight is 392 g/mol. The van der Waals surface area contributed by atoms with Gasteiger partial charge >= 0.3 is 0 Å². The Bertz CT molecular complexity index is 909. The van der Waals surface area contributed by atoms with Crippen molar-refractivity contribution in [3.8, 4) is 17.2 Å². The van der Waals surface area contributed by atoms with Crippen molar-refractivity contribution < 1.29 is 14.2 Å². The van der Waals surface area contributed by atoms with Gasteiger partial charge in [0.05, 0.1) is 7.11 Å². The van der Waals surface area contributed by atoms with Gasteiger partial charge in [-0.05, 0) is 67.2 Å². The van der Waals surface area contributed by atoms with Gasteiger partial charge in [-0.3, -0.25) is 9.80 Å². The molecule has 5 heterocycles. The van der Waals surface area contributed by atoms with Gasteiger partial charge in [-0.25, -0.2) is 0 Å². The molecule has 4 fully saturated rings. The summed E-state index contributed by atoms with van der Waals surface area (Å²) >= 11 is 0. The predicted octanol–water partition coefficient (Wildman–Crippen LogP) is 3.49. The van der Waals surface area contributed by atoms with Crippen molar-refractivity contribution in [2.75, 3.05) is 33.5 Å². The first kappa shape index (κ1) is 17.6. The molecule has 0 saturated carbocycles. The minimum atomic E-state index is 0.339. The second-order valence-electron chi connectivity index (χ2n) is 8.85. The highest BCUT2D eigenvalue weighted by Gasteiger charge is 2.53. The highest BCUT2D eigenvalue weighted by Crippen LogP contribution is 2.48. The Morgan fingerprint density at radius 2 is 1.86 bits per heavy atom. The maximum Gasteiger partial charge on any atom is 0.231 e. The molecule has 0 amide bonds. The van der Waals surface area contributed by atoms with Crippen molar-refractivity contribution in [3.05, 3.63) is 53.6 Å². The number of ether oxygens (including phenoxy) is 3.